The van der Waals surface area contributed by atoms with Gasteiger partial charge >= 0.3 is 21.7 Å². The molecule has 162 valence electrons. The van der Waals surface area contributed by atoms with E-state index in [0.29, 0.717) is 35.2 Å². The minimum absolute atomic E-state index is 0. The van der Waals surface area contributed by atoms with Crippen molar-refractivity contribution in [2.45, 2.75) is 79.1 Å². The molecule has 5 heteroatoms. The second kappa shape index (κ2) is 15.2. The maximum atomic E-state index is 9.93. The second-order valence-electron chi connectivity index (χ2n) is 8.19. The van der Waals surface area contributed by atoms with Crippen LogP contribution < -0.4 is 24.8 Å². The molecular weight excluding hydrogens is 439 g/mol. The first-order valence-corrected chi connectivity index (χ1v) is 9.71. The smallest absolute Gasteiger partial charge is 1.00 e. The Bertz CT molecular complexity index is 600. The molecule has 0 saturated heterocycles. The summed E-state index contributed by atoms with van der Waals surface area (Å²) in [5.41, 5.74) is 4.19. The first kappa shape index (κ1) is 33.0. The molecule has 0 aromatic heterocycles. The van der Waals surface area contributed by atoms with Crippen LogP contribution in [-0.2, 0) is 21.7 Å². The number of aromatic hydroxyl groups is 2. The molecule has 2 N–H and O–H groups in total. The van der Waals surface area contributed by atoms with Gasteiger partial charge in [-0.05, 0) is 45.9 Å². The van der Waals surface area contributed by atoms with Crippen molar-refractivity contribution in [1.29, 1.82) is 0 Å². The Kier molecular flexibility index (Phi) is 17.3. The Hall–Kier alpha value is -0.666. The number of rotatable bonds is 4. The molecule has 0 unspecified atom stereocenters. The summed E-state index contributed by atoms with van der Waals surface area (Å²) < 4.78 is 0. The Balaban J connectivity index is -0.000000422. The molecule has 2 rings (SSSR count). The molecule has 0 amide bonds. The summed E-state index contributed by atoms with van der Waals surface area (Å²) in [5, 5.41) is 19.9. The van der Waals surface area contributed by atoms with E-state index in [0.717, 1.165) is 22.3 Å². The van der Waals surface area contributed by atoms with E-state index in [-0.39, 0.29) is 46.5 Å². The van der Waals surface area contributed by atoms with Crippen molar-refractivity contribution in [1.82, 2.24) is 0 Å². The molecule has 0 heterocycles. The first-order valence-electron chi connectivity index (χ1n) is 9.71. The van der Waals surface area contributed by atoms with Gasteiger partial charge < -0.3 is 35.0 Å². The van der Waals surface area contributed by atoms with Crippen LogP contribution in [0, 0.1) is 0 Å². The molecule has 0 aliphatic heterocycles. The van der Waals surface area contributed by atoms with E-state index in [1.807, 2.05) is 36.4 Å². The third-order valence-electron chi connectivity index (χ3n) is 4.68. The van der Waals surface area contributed by atoms with E-state index in [4.69, 9.17) is 0 Å². The van der Waals surface area contributed by atoms with Gasteiger partial charge in [0.25, 0.3) is 0 Å². The Morgan fingerprint density at radius 3 is 0.793 bits per heavy atom. The monoisotopic (exact) mass is 474 g/mol. The normalized spacial score (nSPS) is 10.1. The fourth-order valence-corrected chi connectivity index (χ4v) is 3.02. The van der Waals surface area contributed by atoms with Crippen LogP contribution >= 0.6 is 0 Å². The van der Waals surface area contributed by atoms with Gasteiger partial charge in [-0.3, -0.25) is 0 Å². The van der Waals surface area contributed by atoms with E-state index in [9.17, 15) is 10.2 Å². The van der Waals surface area contributed by atoms with Crippen LogP contribution in [0.5, 0.6) is 11.5 Å². The summed E-state index contributed by atoms with van der Waals surface area (Å²) >= 11 is 0. The van der Waals surface area contributed by atoms with Crippen LogP contribution in [0.4, 0.5) is 0 Å². The van der Waals surface area contributed by atoms with Gasteiger partial charge in [0.1, 0.15) is 11.5 Å². The molecule has 2 aromatic rings. The third-order valence-corrected chi connectivity index (χ3v) is 4.68. The van der Waals surface area contributed by atoms with Crippen molar-refractivity contribution in [3.8, 4) is 11.5 Å². The van der Waals surface area contributed by atoms with Crippen LogP contribution in [-0.4, -0.2) is 10.2 Å². The van der Waals surface area contributed by atoms with Crippen molar-refractivity contribution >= 4 is 0 Å². The predicted molar refractivity (Wildman–Crippen MR) is 113 cm³/mol. The third kappa shape index (κ3) is 9.34. The fourth-order valence-electron chi connectivity index (χ4n) is 3.02. The summed E-state index contributed by atoms with van der Waals surface area (Å²) in [6, 6.07) is 12.0. The van der Waals surface area contributed by atoms with E-state index >= 15 is 0 Å². The Morgan fingerprint density at radius 2 is 0.655 bits per heavy atom. The SMILES string of the molecule is CC(C)c1cccc(C(C)C)c1O.CC(C)c1cccc(C(C)C)c1O.[Cl-].[Cl-].[Ti+2]. The average Bonchev–Trinajstić information content (AvgIpc) is 2.54. The summed E-state index contributed by atoms with van der Waals surface area (Å²) in [6.07, 6.45) is 0. The maximum absolute atomic E-state index is 9.93. The van der Waals surface area contributed by atoms with Crippen molar-refractivity contribution in [3.05, 3.63) is 58.7 Å². The number of halogens is 2. The second-order valence-corrected chi connectivity index (χ2v) is 8.19. The van der Waals surface area contributed by atoms with Crippen LogP contribution in [0.2, 0.25) is 0 Å². The zero-order chi connectivity index (χ0) is 20.0. The summed E-state index contributed by atoms with van der Waals surface area (Å²) in [4.78, 5) is 0. The average molecular weight is 475 g/mol. The zero-order valence-corrected chi connectivity index (χ0v) is 22.0. The van der Waals surface area contributed by atoms with Crippen molar-refractivity contribution in [2.24, 2.45) is 0 Å². The molecule has 0 spiro atoms. The molecule has 2 nitrogen and oxygen atoms in total. The Morgan fingerprint density at radius 1 is 0.483 bits per heavy atom. The summed E-state index contributed by atoms with van der Waals surface area (Å²) in [7, 11) is 0. The van der Waals surface area contributed by atoms with Gasteiger partial charge in [-0.25, -0.2) is 0 Å². The molecule has 0 aliphatic carbocycles. The number of para-hydroxylation sites is 2. The summed E-state index contributed by atoms with van der Waals surface area (Å²) in [6.45, 7) is 16.8. The minimum atomic E-state index is 0. The van der Waals surface area contributed by atoms with Crippen molar-refractivity contribution < 1.29 is 56.7 Å². The molecule has 0 atom stereocenters. The van der Waals surface area contributed by atoms with Crippen LogP contribution in [0.1, 0.15) is 101 Å². The molecule has 0 bridgehead atoms. The molecular formula is C24H36Cl2O2Ti. The molecule has 29 heavy (non-hydrogen) atoms. The van der Waals surface area contributed by atoms with Crippen LogP contribution in [0.25, 0.3) is 0 Å². The number of phenolic OH excluding ortho intramolecular Hbond substituents is 2. The zero-order valence-electron chi connectivity index (χ0n) is 18.9. The van der Waals surface area contributed by atoms with Crippen LogP contribution in [0.3, 0.4) is 0 Å². The minimum Gasteiger partial charge on any atom is -1.00 e. The number of benzene rings is 2. The van der Waals surface area contributed by atoms with Gasteiger partial charge in [0.15, 0.2) is 0 Å². The summed E-state index contributed by atoms with van der Waals surface area (Å²) in [5.74, 6) is 2.51. The Labute approximate surface area is 205 Å². The van der Waals surface area contributed by atoms with E-state index in [1.54, 1.807) is 0 Å². The topological polar surface area (TPSA) is 40.5 Å². The standard InChI is InChI=1S/2C12H18O.2ClH.Ti/c2*1-8(2)10-6-5-7-11(9(3)4)12(10)13;;;/h2*5-9,13H,1-4H3;2*1H;/q;;;;+2/p-2. The van der Waals surface area contributed by atoms with Crippen molar-refractivity contribution in [2.75, 3.05) is 0 Å². The van der Waals surface area contributed by atoms with Gasteiger partial charge in [0.2, 0.25) is 0 Å². The molecule has 2 aromatic carbocycles. The molecule has 0 radical (unpaired) electrons. The van der Waals surface area contributed by atoms with Gasteiger partial charge in [0.05, 0.1) is 0 Å². The predicted octanol–water partition coefficient (Wildman–Crippen LogP) is 1.28. The molecule has 0 saturated carbocycles. The first-order chi connectivity index (χ1) is 12.1. The van der Waals surface area contributed by atoms with Gasteiger partial charge in [-0.1, -0.05) is 91.8 Å². The van der Waals surface area contributed by atoms with Crippen molar-refractivity contribution in [3.63, 3.8) is 0 Å². The number of hydrogen-bond donors (Lipinski definition) is 2. The van der Waals surface area contributed by atoms with Gasteiger partial charge in [0, 0.05) is 0 Å². The van der Waals surface area contributed by atoms with E-state index < -0.39 is 0 Å². The van der Waals surface area contributed by atoms with Gasteiger partial charge in [-0.2, -0.15) is 0 Å². The van der Waals surface area contributed by atoms with E-state index in [1.165, 1.54) is 0 Å². The maximum Gasteiger partial charge on any atom is 2.00 e. The number of hydrogen-bond acceptors (Lipinski definition) is 2. The van der Waals surface area contributed by atoms with Crippen LogP contribution in [0.15, 0.2) is 36.4 Å². The molecule has 0 fully saturated rings. The quantitative estimate of drug-likeness (QED) is 0.655. The fraction of sp³-hybridized carbons (Fsp3) is 0.500. The van der Waals surface area contributed by atoms with Gasteiger partial charge in [-0.15, -0.1) is 0 Å². The number of phenols is 2. The molecule has 0 aliphatic rings. The largest absolute Gasteiger partial charge is 2.00 e. The van der Waals surface area contributed by atoms with E-state index in [2.05, 4.69) is 55.4 Å².